The summed E-state index contributed by atoms with van der Waals surface area (Å²) in [6.45, 7) is 4.87. The zero-order chi connectivity index (χ0) is 21.1. The van der Waals surface area contributed by atoms with Crippen molar-refractivity contribution in [3.63, 3.8) is 0 Å². The Balaban J connectivity index is 1.74. The number of methoxy groups -OCH3 is 1. The van der Waals surface area contributed by atoms with Crippen molar-refractivity contribution in [2.45, 2.75) is 38.8 Å². The Kier molecular flexibility index (Phi) is 6.19. The van der Waals surface area contributed by atoms with Crippen LogP contribution in [0.1, 0.15) is 36.7 Å². The molecule has 1 atom stereocenters. The molecule has 9 nitrogen and oxygen atoms in total. The summed E-state index contributed by atoms with van der Waals surface area (Å²) in [7, 11) is 1.34. The molecule has 0 spiro atoms. The van der Waals surface area contributed by atoms with E-state index in [2.05, 4.69) is 15.6 Å². The zero-order valence-corrected chi connectivity index (χ0v) is 17.4. The Morgan fingerprint density at radius 2 is 2.00 bits per heavy atom. The quantitative estimate of drug-likeness (QED) is 0.697. The summed E-state index contributed by atoms with van der Waals surface area (Å²) >= 11 is 0. The topological polar surface area (TPSA) is 104 Å². The fourth-order valence-electron chi connectivity index (χ4n) is 4.09. The number of nitrogens with zero attached hydrogens (tertiary/aromatic N) is 2. The fraction of sp³-hybridized carbons (Fsp3) is 0.571. The first-order valence-electron chi connectivity index (χ1n) is 10.5. The number of ether oxygens (including phenoxy) is 3. The number of anilines is 2. The van der Waals surface area contributed by atoms with E-state index in [0.29, 0.717) is 54.6 Å². The van der Waals surface area contributed by atoms with Crippen LogP contribution in [0.5, 0.6) is 0 Å². The maximum atomic E-state index is 12.8. The summed E-state index contributed by atoms with van der Waals surface area (Å²) in [5.74, 6) is -0.894. The molecule has 0 aromatic carbocycles. The van der Waals surface area contributed by atoms with Crippen LogP contribution >= 0.6 is 0 Å². The first-order valence-corrected chi connectivity index (χ1v) is 10.5. The van der Waals surface area contributed by atoms with Gasteiger partial charge in [-0.1, -0.05) is 0 Å². The highest BCUT2D eigenvalue weighted by molar-refractivity contribution is 6.11. The van der Waals surface area contributed by atoms with Crippen molar-refractivity contribution in [2.75, 3.05) is 44.2 Å². The van der Waals surface area contributed by atoms with Crippen molar-refractivity contribution in [1.82, 2.24) is 9.55 Å². The first kappa shape index (κ1) is 20.6. The lowest BCUT2D eigenvalue weighted by Crippen LogP contribution is -2.27. The molecule has 162 valence electrons. The van der Waals surface area contributed by atoms with Gasteiger partial charge >= 0.3 is 5.97 Å². The number of aryl methyl sites for hydroxylation is 1. The summed E-state index contributed by atoms with van der Waals surface area (Å²) in [4.78, 5) is 30.0. The number of hydrogen-bond acceptors (Lipinski definition) is 7. The van der Waals surface area contributed by atoms with E-state index in [0.717, 1.165) is 31.7 Å². The molecule has 0 aliphatic carbocycles. The van der Waals surface area contributed by atoms with Crippen LogP contribution in [-0.2, 0) is 25.5 Å². The molecule has 1 unspecified atom stereocenters. The highest BCUT2D eigenvalue weighted by Crippen LogP contribution is 2.33. The lowest BCUT2D eigenvalue weighted by atomic mass is 10.1. The number of aromatic nitrogens is 2. The average Bonchev–Trinajstić information content (AvgIpc) is 3.41. The third-order valence-electron chi connectivity index (χ3n) is 5.73. The standard InChI is InChI=1S/C21H28N4O5/c1-3-25-18(21(27)28-2)17(24-20(26)13-4-7-30-12-13)16-10-15(11-22-19(16)25)23-14-5-8-29-9-6-14/h10-11,13-14,23H,3-9,12H2,1-2H3,(H,24,26). The smallest absolute Gasteiger partial charge is 0.356 e. The van der Waals surface area contributed by atoms with E-state index in [1.807, 2.05) is 13.0 Å². The van der Waals surface area contributed by atoms with Gasteiger partial charge in [-0.05, 0) is 32.3 Å². The third kappa shape index (κ3) is 3.99. The van der Waals surface area contributed by atoms with Crippen molar-refractivity contribution in [3.05, 3.63) is 18.0 Å². The van der Waals surface area contributed by atoms with Crippen molar-refractivity contribution in [1.29, 1.82) is 0 Å². The zero-order valence-electron chi connectivity index (χ0n) is 17.4. The van der Waals surface area contributed by atoms with Crippen LogP contribution in [0.4, 0.5) is 11.4 Å². The van der Waals surface area contributed by atoms with Crippen LogP contribution in [-0.4, -0.2) is 61.0 Å². The molecule has 4 rings (SSSR count). The second-order valence-corrected chi connectivity index (χ2v) is 7.64. The molecule has 2 aliphatic heterocycles. The molecule has 9 heteroatoms. The molecule has 1 amide bonds. The van der Waals surface area contributed by atoms with Gasteiger partial charge in [0.1, 0.15) is 5.65 Å². The highest BCUT2D eigenvalue weighted by atomic mass is 16.5. The predicted octanol–water partition coefficient (Wildman–Crippen LogP) is 2.41. The van der Waals surface area contributed by atoms with E-state index in [1.54, 1.807) is 10.8 Å². The molecule has 2 fully saturated rings. The summed E-state index contributed by atoms with van der Waals surface area (Å²) < 4.78 is 17.6. The lowest BCUT2D eigenvalue weighted by molar-refractivity contribution is -0.119. The molecule has 2 aromatic rings. The van der Waals surface area contributed by atoms with E-state index in [9.17, 15) is 9.59 Å². The number of fused-ring (bicyclic) bond motifs is 1. The molecule has 0 radical (unpaired) electrons. The van der Waals surface area contributed by atoms with E-state index in [1.165, 1.54) is 7.11 Å². The summed E-state index contributed by atoms with van der Waals surface area (Å²) in [6, 6.07) is 2.25. The first-order chi connectivity index (χ1) is 14.6. The predicted molar refractivity (Wildman–Crippen MR) is 112 cm³/mol. The van der Waals surface area contributed by atoms with Gasteiger partial charge in [0.25, 0.3) is 0 Å². The number of hydrogen-bond donors (Lipinski definition) is 2. The van der Waals surface area contributed by atoms with Gasteiger partial charge in [0, 0.05) is 37.8 Å². The van der Waals surface area contributed by atoms with Gasteiger partial charge in [-0.15, -0.1) is 0 Å². The Morgan fingerprint density at radius 3 is 2.67 bits per heavy atom. The molecule has 2 aliphatic rings. The average molecular weight is 416 g/mol. The Labute approximate surface area is 175 Å². The third-order valence-corrected chi connectivity index (χ3v) is 5.73. The molecule has 2 N–H and O–H groups in total. The van der Waals surface area contributed by atoms with Gasteiger partial charge in [0.05, 0.1) is 37.2 Å². The minimum atomic E-state index is -0.508. The number of esters is 1. The Hall–Kier alpha value is -2.65. The Bertz CT molecular complexity index is 929. The summed E-state index contributed by atoms with van der Waals surface area (Å²) in [6.07, 6.45) is 4.28. The summed E-state index contributed by atoms with van der Waals surface area (Å²) in [5.41, 5.74) is 2.23. The van der Waals surface area contributed by atoms with Gasteiger partial charge in [-0.3, -0.25) is 4.79 Å². The molecule has 4 heterocycles. The fourth-order valence-corrected chi connectivity index (χ4v) is 4.09. The van der Waals surface area contributed by atoms with Crippen LogP contribution in [0, 0.1) is 5.92 Å². The molecular formula is C21H28N4O5. The molecular weight excluding hydrogens is 388 g/mol. The van der Waals surface area contributed by atoms with Gasteiger partial charge in [-0.2, -0.15) is 0 Å². The van der Waals surface area contributed by atoms with Crippen molar-refractivity contribution >= 4 is 34.3 Å². The molecule has 0 bridgehead atoms. The van der Waals surface area contributed by atoms with Crippen molar-refractivity contribution in [2.24, 2.45) is 5.92 Å². The molecule has 0 saturated carbocycles. The maximum Gasteiger partial charge on any atom is 0.356 e. The highest BCUT2D eigenvalue weighted by Gasteiger charge is 2.29. The minimum absolute atomic E-state index is 0.157. The number of rotatable bonds is 6. The van der Waals surface area contributed by atoms with Gasteiger partial charge in [-0.25, -0.2) is 9.78 Å². The van der Waals surface area contributed by atoms with E-state index in [4.69, 9.17) is 14.2 Å². The number of carbonyl (C=O) groups is 2. The van der Waals surface area contributed by atoms with Gasteiger partial charge < -0.3 is 29.4 Å². The largest absolute Gasteiger partial charge is 0.464 e. The normalized spacial score (nSPS) is 19.7. The van der Waals surface area contributed by atoms with Crippen LogP contribution in [0.25, 0.3) is 11.0 Å². The van der Waals surface area contributed by atoms with Gasteiger partial charge in [0.2, 0.25) is 5.91 Å². The van der Waals surface area contributed by atoms with E-state index in [-0.39, 0.29) is 11.8 Å². The molecule has 2 aromatic heterocycles. The van der Waals surface area contributed by atoms with Crippen molar-refractivity contribution in [3.8, 4) is 0 Å². The van der Waals surface area contributed by atoms with Crippen molar-refractivity contribution < 1.29 is 23.8 Å². The second kappa shape index (κ2) is 9.01. The number of nitrogens with one attached hydrogen (secondary N) is 2. The second-order valence-electron chi connectivity index (χ2n) is 7.64. The van der Waals surface area contributed by atoms with Crippen LogP contribution in [0.2, 0.25) is 0 Å². The number of pyridine rings is 1. The van der Waals surface area contributed by atoms with Crippen LogP contribution < -0.4 is 10.6 Å². The van der Waals surface area contributed by atoms with Crippen LogP contribution in [0.15, 0.2) is 12.3 Å². The minimum Gasteiger partial charge on any atom is -0.464 e. The van der Waals surface area contributed by atoms with E-state index >= 15 is 0 Å². The molecule has 2 saturated heterocycles. The monoisotopic (exact) mass is 416 g/mol. The van der Waals surface area contributed by atoms with Gasteiger partial charge in [0.15, 0.2) is 5.69 Å². The number of amides is 1. The number of carbonyl (C=O) groups excluding carboxylic acids is 2. The van der Waals surface area contributed by atoms with Crippen LogP contribution in [0.3, 0.4) is 0 Å². The summed E-state index contributed by atoms with van der Waals surface area (Å²) in [5, 5.41) is 7.18. The molecule has 30 heavy (non-hydrogen) atoms. The SMILES string of the molecule is CCn1c(C(=O)OC)c(NC(=O)C2CCOC2)c2cc(NC3CCOCC3)cnc21. The Morgan fingerprint density at radius 1 is 1.23 bits per heavy atom. The lowest BCUT2D eigenvalue weighted by Gasteiger charge is -2.24. The maximum absolute atomic E-state index is 12.8. The van der Waals surface area contributed by atoms with E-state index < -0.39 is 5.97 Å².